The van der Waals surface area contributed by atoms with E-state index in [9.17, 15) is 8.42 Å². The van der Waals surface area contributed by atoms with Gasteiger partial charge in [-0.05, 0) is 48.7 Å². The first-order chi connectivity index (χ1) is 11.8. The molecule has 0 radical (unpaired) electrons. The first-order valence-electron chi connectivity index (χ1n) is 8.20. The van der Waals surface area contributed by atoms with Gasteiger partial charge in [-0.25, -0.2) is 13.1 Å². The molecule has 25 heavy (non-hydrogen) atoms. The van der Waals surface area contributed by atoms with Crippen molar-refractivity contribution in [1.29, 1.82) is 0 Å². The molecule has 0 saturated heterocycles. The maximum absolute atomic E-state index is 12.6. The molecule has 1 unspecified atom stereocenters. The summed E-state index contributed by atoms with van der Waals surface area (Å²) in [6.07, 6.45) is 1.96. The normalized spacial score (nSPS) is 14.2. The van der Waals surface area contributed by atoms with Crippen molar-refractivity contribution < 1.29 is 13.2 Å². The van der Waals surface area contributed by atoms with E-state index in [4.69, 9.17) is 16.3 Å². The first-order valence-corrected chi connectivity index (χ1v) is 10.1. The quantitative estimate of drug-likeness (QED) is 0.747. The Morgan fingerprint density at radius 1 is 1.16 bits per heavy atom. The SMILES string of the molecule is CCCc1ccc(S(=O)(=O)NCC(C)(OC)c2cccc(Cl)c2)cc1. The van der Waals surface area contributed by atoms with E-state index in [1.54, 1.807) is 31.4 Å². The van der Waals surface area contributed by atoms with Crippen molar-refractivity contribution in [2.45, 2.75) is 37.2 Å². The molecule has 1 atom stereocenters. The maximum Gasteiger partial charge on any atom is 0.240 e. The first kappa shape index (κ1) is 19.9. The molecule has 0 spiro atoms. The molecule has 0 aliphatic heterocycles. The van der Waals surface area contributed by atoms with Crippen molar-refractivity contribution in [3.05, 3.63) is 64.7 Å². The van der Waals surface area contributed by atoms with E-state index >= 15 is 0 Å². The molecule has 0 fully saturated rings. The van der Waals surface area contributed by atoms with Crippen LogP contribution in [0.25, 0.3) is 0 Å². The van der Waals surface area contributed by atoms with Crippen LogP contribution in [0.4, 0.5) is 0 Å². The lowest BCUT2D eigenvalue weighted by Gasteiger charge is -2.29. The van der Waals surface area contributed by atoms with Crippen molar-refractivity contribution >= 4 is 21.6 Å². The molecule has 0 bridgehead atoms. The van der Waals surface area contributed by atoms with Gasteiger partial charge in [0, 0.05) is 18.7 Å². The maximum atomic E-state index is 12.6. The molecule has 0 aromatic heterocycles. The van der Waals surface area contributed by atoms with E-state index < -0.39 is 15.6 Å². The minimum atomic E-state index is -3.62. The fraction of sp³-hybridized carbons (Fsp3) is 0.368. The standard InChI is InChI=1S/C19H24ClNO3S/c1-4-6-15-9-11-18(12-10-15)25(22,23)21-14-19(2,24-3)16-7-5-8-17(20)13-16/h5,7-13,21H,4,6,14H2,1-3H3. The molecule has 0 aliphatic rings. The largest absolute Gasteiger partial charge is 0.372 e. The lowest BCUT2D eigenvalue weighted by atomic mass is 9.96. The van der Waals surface area contributed by atoms with Gasteiger partial charge in [-0.15, -0.1) is 0 Å². The van der Waals surface area contributed by atoms with Gasteiger partial charge in [-0.1, -0.05) is 49.2 Å². The lowest BCUT2D eigenvalue weighted by molar-refractivity contribution is 0.00699. The average molecular weight is 382 g/mol. The molecule has 2 aromatic carbocycles. The second-order valence-electron chi connectivity index (χ2n) is 6.16. The van der Waals surface area contributed by atoms with Crippen molar-refractivity contribution in [1.82, 2.24) is 4.72 Å². The fourth-order valence-electron chi connectivity index (χ4n) is 2.55. The number of ether oxygens (including phenoxy) is 1. The van der Waals surface area contributed by atoms with Crippen LogP contribution < -0.4 is 4.72 Å². The highest BCUT2D eigenvalue weighted by atomic mass is 35.5. The van der Waals surface area contributed by atoms with Gasteiger partial charge in [0.25, 0.3) is 0 Å². The molecular formula is C19H24ClNO3S. The van der Waals surface area contributed by atoms with Crippen LogP contribution in [-0.4, -0.2) is 22.1 Å². The minimum Gasteiger partial charge on any atom is -0.372 e. The highest BCUT2D eigenvalue weighted by Crippen LogP contribution is 2.27. The van der Waals surface area contributed by atoms with Crippen LogP contribution >= 0.6 is 11.6 Å². The summed E-state index contributed by atoms with van der Waals surface area (Å²) in [7, 11) is -2.07. The second-order valence-corrected chi connectivity index (χ2v) is 8.37. The highest BCUT2D eigenvalue weighted by Gasteiger charge is 2.29. The van der Waals surface area contributed by atoms with E-state index in [1.165, 1.54) is 0 Å². The summed E-state index contributed by atoms with van der Waals surface area (Å²) in [5.74, 6) is 0. The van der Waals surface area contributed by atoms with E-state index in [2.05, 4.69) is 11.6 Å². The molecule has 2 rings (SSSR count). The molecule has 6 heteroatoms. The lowest BCUT2D eigenvalue weighted by Crippen LogP contribution is -2.40. The third-order valence-electron chi connectivity index (χ3n) is 4.26. The van der Waals surface area contributed by atoms with Crippen LogP contribution in [0.2, 0.25) is 5.02 Å². The minimum absolute atomic E-state index is 0.100. The van der Waals surface area contributed by atoms with Gasteiger partial charge >= 0.3 is 0 Å². The molecule has 0 amide bonds. The van der Waals surface area contributed by atoms with Gasteiger partial charge in [0.05, 0.1) is 4.90 Å². The molecular weight excluding hydrogens is 358 g/mol. The highest BCUT2D eigenvalue weighted by molar-refractivity contribution is 7.89. The zero-order valence-electron chi connectivity index (χ0n) is 14.8. The summed E-state index contributed by atoms with van der Waals surface area (Å²) in [4.78, 5) is 0.247. The summed E-state index contributed by atoms with van der Waals surface area (Å²) in [6.45, 7) is 4.02. The molecule has 2 aromatic rings. The van der Waals surface area contributed by atoms with Crippen molar-refractivity contribution in [2.75, 3.05) is 13.7 Å². The smallest absolute Gasteiger partial charge is 0.240 e. The van der Waals surface area contributed by atoms with Crippen molar-refractivity contribution in [2.24, 2.45) is 0 Å². The second kappa shape index (κ2) is 8.32. The summed E-state index contributed by atoms with van der Waals surface area (Å²) in [5, 5.41) is 0.579. The van der Waals surface area contributed by atoms with E-state index in [-0.39, 0.29) is 11.4 Å². The Kier molecular flexibility index (Phi) is 6.63. The number of nitrogens with one attached hydrogen (secondary N) is 1. The number of rotatable bonds is 8. The Balaban J connectivity index is 2.16. The van der Waals surface area contributed by atoms with Gasteiger partial charge in [-0.2, -0.15) is 0 Å². The zero-order chi connectivity index (χ0) is 18.5. The van der Waals surface area contributed by atoms with Crippen LogP contribution in [-0.2, 0) is 26.8 Å². The van der Waals surface area contributed by atoms with Gasteiger partial charge in [0.1, 0.15) is 5.60 Å². The zero-order valence-corrected chi connectivity index (χ0v) is 16.3. The van der Waals surface area contributed by atoms with Gasteiger partial charge in [-0.3, -0.25) is 0 Å². The van der Waals surface area contributed by atoms with Gasteiger partial charge < -0.3 is 4.74 Å². The molecule has 136 valence electrons. The van der Waals surface area contributed by atoms with Crippen LogP contribution in [0.3, 0.4) is 0 Å². The van der Waals surface area contributed by atoms with Crippen LogP contribution in [0.1, 0.15) is 31.4 Å². The Morgan fingerprint density at radius 3 is 2.40 bits per heavy atom. The molecule has 4 nitrogen and oxygen atoms in total. The predicted molar refractivity (Wildman–Crippen MR) is 101 cm³/mol. The molecule has 1 N–H and O–H groups in total. The summed E-state index contributed by atoms with van der Waals surface area (Å²) >= 11 is 6.04. The van der Waals surface area contributed by atoms with Gasteiger partial charge in [0.2, 0.25) is 10.0 Å². The number of aryl methyl sites for hydroxylation is 1. The third-order valence-corrected chi connectivity index (χ3v) is 5.91. The number of halogens is 1. The number of methoxy groups -OCH3 is 1. The third kappa shape index (κ3) is 5.05. The molecule has 0 heterocycles. The van der Waals surface area contributed by atoms with Crippen LogP contribution in [0.15, 0.2) is 53.4 Å². The number of hydrogen-bond donors (Lipinski definition) is 1. The van der Waals surface area contributed by atoms with Crippen LogP contribution in [0.5, 0.6) is 0 Å². The van der Waals surface area contributed by atoms with Crippen LogP contribution in [0, 0.1) is 0 Å². The number of hydrogen-bond acceptors (Lipinski definition) is 3. The Morgan fingerprint density at radius 2 is 1.84 bits per heavy atom. The summed E-state index contributed by atoms with van der Waals surface area (Å²) in [5.41, 5.74) is 1.12. The average Bonchev–Trinajstić information content (AvgIpc) is 2.60. The van der Waals surface area contributed by atoms with Gasteiger partial charge in [0.15, 0.2) is 0 Å². The topological polar surface area (TPSA) is 55.4 Å². The van der Waals surface area contributed by atoms with E-state index in [1.807, 2.05) is 31.2 Å². The summed E-state index contributed by atoms with van der Waals surface area (Å²) in [6, 6.07) is 14.2. The van der Waals surface area contributed by atoms with Crippen molar-refractivity contribution in [3.8, 4) is 0 Å². The predicted octanol–water partition coefficient (Wildman–Crippen LogP) is 4.13. The number of benzene rings is 2. The Hall–Kier alpha value is -1.40. The monoisotopic (exact) mass is 381 g/mol. The number of sulfonamides is 1. The van der Waals surface area contributed by atoms with E-state index in [0.717, 1.165) is 24.0 Å². The van der Waals surface area contributed by atoms with Crippen molar-refractivity contribution in [3.63, 3.8) is 0 Å². The molecule has 0 aliphatic carbocycles. The summed E-state index contributed by atoms with van der Waals surface area (Å²) < 4.78 is 33.4. The Labute approximate surface area is 155 Å². The van der Waals surface area contributed by atoms with E-state index in [0.29, 0.717) is 5.02 Å². The Bertz CT molecular complexity index is 806. The molecule has 0 saturated carbocycles. The fourth-order valence-corrected chi connectivity index (χ4v) is 3.87.